The molecule has 1 aliphatic carbocycles. The predicted octanol–water partition coefficient (Wildman–Crippen LogP) is 3.18. The van der Waals surface area contributed by atoms with Crippen molar-refractivity contribution in [3.8, 4) is 0 Å². The lowest BCUT2D eigenvalue weighted by atomic mass is 9.97. The zero-order valence-corrected chi connectivity index (χ0v) is 12.3. The molecule has 1 aliphatic rings. The number of carbonyl (C=O) groups is 1. The lowest BCUT2D eigenvalue weighted by Crippen LogP contribution is -2.22. The number of hydrogen-bond donors (Lipinski definition) is 1. The van der Waals surface area contributed by atoms with Crippen molar-refractivity contribution in [3.63, 3.8) is 0 Å². The van der Waals surface area contributed by atoms with Crippen molar-refractivity contribution in [2.45, 2.75) is 45.8 Å². The van der Waals surface area contributed by atoms with E-state index >= 15 is 0 Å². The summed E-state index contributed by atoms with van der Waals surface area (Å²) in [6.45, 7) is 5.84. The van der Waals surface area contributed by atoms with Crippen LogP contribution in [0.25, 0.3) is 0 Å². The van der Waals surface area contributed by atoms with Crippen molar-refractivity contribution in [3.05, 3.63) is 47.5 Å². The fourth-order valence-electron chi connectivity index (χ4n) is 2.15. The minimum absolute atomic E-state index is 0.191. The van der Waals surface area contributed by atoms with E-state index in [1.807, 2.05) is 57.2 Å². The Bertz CT molecular complexity index is 494. The molecule has 0 aliphatic heterocycles. The number of aliphatic hydroxyl groups excluding tert-OH is 1. The first-order valence-electron chi connectivity index (χ1n) is 6.99. The Labute approximate surface area is 120 Å². The van der Waals surface area contributed by atoms with Gasteiger partial charge in [0.25, 0.3) is 0 Å². The van der Waals surface area contributed by atoms with E-state index in [2.05, 4.69) is 0 Å². The van der Waals surface area contributed by atoms with E-state index in [0.29, 0.717) is 6.61 Å². The summed E-state index contributed by atoms with van der Waals surface area (Å²) in [7, 11) is 0. The maximum Gasteiger partial charge on any atom is 0.311 e. The SMILES string of the molecule is CC(C)(C)C(=O)OCc1ccc([C@@H]2C=C[C@@H](O)C2)cc1. The van der Waals surface area contributed by atoms with Gasteiger partial charge in [0.05, 0.1) is 11.5 Å². The van der Waals surface area contributed by atoms with E-state index in [9.17, 15) is 9.90 Å². The maximum atomic E-state index is 11.7. The van der Waals surface area contributed by atoms with Crippen molar-refractivity contribution in [1.29, 1.82) is 0 Å². The van der Waals surface area contributed by atoms with Gasteiger partial charge in [0.15, 0.2) is 0 Å². The van der Waals surface area contributed by atoms with Crippen molar-refractivity contribution in [1.82, 2.24) is 0 Å². The molecule has 0 unspecified atom stereocenters. The van der Waals surface area contributed by atoms with Crippen molar-refractivity contribution >= 4 is 5.97 Å². The highest BCUT2D eigenvalue weighted by Crippen LogP contribution is 2.28. The Hall–Kier alpha value is -1.61. The molecule has 1 aromatic rings. The molecule has 2 rings (SSSR count). The van der Waals surface area contributed by atoms with Crippen LogP contribution in [-0.4, -0.2) is 17.2 Å². The number of aliphatic hydroxyl groups is 1. The van der Waals surface area contributed by atoms with Gasteiger partial charge in [0.1, 0.15) is 6.61 Å². The molecular formula is C17H22O3. The molecular weight excluding hydrogens is 252 g/mol. The number of benzene rings is 1. The summed E-state index contributed by atoms with van der Waals surface area (Å²) in [5.41, 5.74) is 1.70. The van der Waals surface area contributed by atoms with E-state index in [-0.39, 0.29) is 18.0 Å². The zero-order chi connectivity index (χ0) is 14.8. The van der Waals surface area contributed by atoms with Crippen molar-refractivity contribution in [2.75, 3.05) is 0 Å². The summed E-state index contributed by atoms with van der Waals surface area (Å²) in [6, 6.07) is 8.02. The fraction of sp³-hybridized carbons (Fsp3) is 0.471. The van der Waals surface area contributed by atoms with E-state index in [1.165, 1.54) is 5.56 Å². The number of allylic oxidation sites excluding steroid dienone is 1. The molecule has 108 valence electrons. The molecule has 0 saturated heterocycles. The second-order valence-corrected chi connectivity index (χ2v) is 6.36. The van der Waals surface area contributed by atoms with Gasteiger partial charge in [-0.3, -0.25) is 4.79 Å². The van der Waals surface area contributed by atoms with Crippen LogP contribution < -0.4 is 0 Å². The third-order valence-corrected chi connectivity index (χ3v) is 3.45. The van der Waals surface area contributed by atoms with Gasteiger partial charge in [-0.15, -0.1) is 0 Å². The average molecular weight is 274 g/mol. The number of rotatable bonds is 3. The van der Waals surface area contributed by atoms with Gasteiger partial charge in [-0.25, -0.2) is 0 Å². The second-order valence-electron chi connectivity index (χ2n) is 6.36. The molecule has 0 spiro atoms. The molecule has 1 aromatic carbocycles. The quantitative estimate of drug-likeness (QED) is 0.680. The van der Waals surface area contributed by atoms with E-state index in [1.54, 1.807) is 0 Å². The summed E-state index contributed by atoms with van der Waals surface area (Å²) < 4.78 is 5.28. The highest BCUT2D eigenvalue weighted by atomic mass is 16.5. The number of carbonyl (C=O) groups excluding carboxylic acids is 1. The largest absolute Gasteiger partial charge is 0.460 e. The van der Waals surface area contributed by atoms with Crippen LogP contribution in [0.4, 0.5) is 0 Å². The highest BCUT2D eigenvalue weighted by Gasteiger charge is 2.23. The summed E-state index contributed by atoms with van der Waals surface area (Å²) in [5.74, 6) is 0.0969. The average Bonchev–Trinajstić information content (AvgIpc) is 2.82. The predicted molar refractivity (Wildman–Crippen MR) is 78.2 cm³/mol. The summed E-state index contributed by atoms with van der Waals surface area (Å²) in [4.78, 5) is 11.7. The third-order valence-electron chi connectivity index (χ3n) is 3.45. The molecule has 20 heavy (non-hydrogen) atoms. The van der Waals surface area contributed by atoms with Gasteiger partial charge in [-0.2, -0.15) is 0 Å². The number of esters is 1. The van der Waals surface area contributed by atoms with Gasteiger partial charge in [-0.1, -0.05) is 36.4 Å². The van der Waals surface area contributed by atoms with Gasteiger partial charge >= 0.3 is 5.97 Å². The van der Waals surface area contributed by atoms with Crippen LogP contribution in [0.15, 0.2) is 36.4 Å². The van der Waals surface area contributed by atoms with Gasteiger partial charge in [0.2, 0.25) is 0 Å². The van der Waals surface area contributed by atoms with Crippen molar-refractivity contribution < 1.29 is 14.6 Å². The lowest BCUT2D eigenvalue weighted by Gasteiger charge is -2.16. The molecule has 0 heterocycles. The minimum atomic E-state index is -0.468. The first kappa shape index (κ1) is 14.8. The highest BCUT2D eigenvalue weighted by molar-refractivity contribution is 5.75. The number of hydrogen-bond acceptors (Lipinski definition) is 3. The maximum absolute atomic E-state index is 11.7. The van der Waals surface area contributed by atoms with Crippen LogP contribution in [0.5, 0.6) is 0 Å². The Morgan fingerprint density at radius 3 is 2.40 bits per heavy atom. The van der Waals surface area contributed by atoms with Crippen LogP contribution in [0, 0.1) is 5.41 Å². The van der Waals surface area contributed by atoms with Crippen LogP contribution in [0.3, 0.4) is 0 Å². The molecule has 0 saturated carbocycles. The lowest BCUT2D eigenvalue weighted by molar-refractivity contribution is -0.154. The van der Waals surface area contributed by atoms with Crippen LogP contribution >= 0.6 is 0 Å². The Morgan fingerprint density at radius 2 is 1.90 bits per heavy atom. The normalized spacial score (nSPS) is 22.0. The van der Waals surface area contributed by atoms with Crippen LogP contribution in [0.1, 0.15) is 44.2 Å². The molecule has 3 heteroatoms. The number of ether oxygens (including phenoxy) is 1. The molecule has 1 N–H and O–H groups in total. The van der Waals surface area contributed by atoms with Crippen LogP contribution in [0.2, 0.25) is 0 Å². The first-order chi connectivity index (χ1) is 9.36. The van der Waals surface area contributed by atoms with Gasteiger partial charge in [-0.05, 0) is 38.3 Å². The Balaban J connectivity index is 1.92. The Morgan fingerprint density at radius 1 is 1.25 bits per heavy atom. The zero-order valence-electron chi connectivity index (χ0n) is 12.3. The standard InChI is InChI=1S/C17H22O3/c1-17(2,3)16(19)20-11-12-4-6-13(7-5-12)14-8-9-15(18)10-14/h4-9,14-15,18H,10-11H2,1-3H3/t14-,15-/m1/s1. The minimum Gasteiger partial charge on any atom is -0.460 e. The molecule has 0 amide bonds. The van der Waals surface area contributed by atoms with Gasteiger partial charge in [0, 0.05) is 5.92 Å². The first-order valence-corrected chi connectivity index (χ1v) is 6.99. The van der Waals surface area contributed by atoms with Crippen LogP contribution in [-0.2, 0) is 16.1 Å². The third kappa shape index (κ3) is 3.70. The topological polar surface area (TPSA) is 46.5 Å². The van der Waals surface area contributed by atoms with E-state index in [4.69, 9.17) is 4.74 Å². The molecule has 0 radical (unpaired) electrons. The van der Waals surface area contributed by atoms with E-state index < -0.39 is 5.41 Å². The molecule has 0 bridgehead atoms. The van der Waals surface area contributed by atoms with Crippen molar-refractivity contribution in [2.24, 2.45) is 5.41 Å². The Kier molecular flexibility index (Phi) is 4.29. The molecule has 3 nitrogen and oxygen atoms in total. The monoisotopic (exact) mass is 274 g/mol. The smallest absolute Gasteiger partial charge is 0.311 e. The summed E-state index contributed by atoms with van der Waals surface area (Å²) >= 11 is 0. The fourth-order valence-corrected chi connectivity index (χ4v) is 2.15. The second kappa shape index (κ2) is 5.80. The molecule has 0 aromatic heterocycles. The molecule has 2 atom stereocenters. The summed E-state index contributed by atoms with van der Waals surface area (Å²) in [5, 5.41) is 9.49. The summed E-state index contributed by atoms with van der Waals surface area (Å²) in [6.07, 6.45) is 4.30. The van der Waals surface area contributed by atoms with Gasteiger partial charge < -0.3 is 9.84 Å². The molecule has 0 fully saturated rings. The van der Waals surface area contributed by atoms with E-state index in [0.717, 1.165) is 12.0 Å².